The summed E-state index contributed by atoms with van der Waals surface area (Å²) in [6, 6.07) is 2.43. The number of halogens is 1. The van der Waals surface area contributed by atoms with E-state index in [1.807, 2.05) is 0 Å². The minimum absolute atomic E-state index is 0.269. The lowest BCUT2D eigenvalue weighted by atomic mass is 9.87. The summed E-state index contributed by atoms with van der Waals surface area (Å²) in [5, 5.41) is 9.60. The van der Waals surface area contributed by atoms with Crippen molar-refractivity contribution in [3.63, 3.8) is 0 Å². The third-order valence-electron chi connectivity index (χ3n) is 3.70. The number of methoxy groups -OCH3 is 1. The van der Waals surface area contributed by atoms with Crippen LogP contribution < -0.4 is 0 Å². The number of rotatable bonds is 3. The Hall–Kier alpha value is -2.20. The van der Waals surface area contributed by atoms with E-state index in [4.69, 9.17) is 0 Å². The number of ether oxygens (including phenoxy) is 1. The van der Waals surface area contributed by atoms with Crippen LogP contribution >= 0.6 is 0 Å². The molecule has 0 amide bonds. The highest BCUT2D eigenvalue weighted by Crippen LogP contribution is 2.43. The Balaban J connectivity index is 2.59. The lowest BCUT2D eigenvalue weighted by molar-refractivity contribution is 0.0596. The summed E-state index contributed by atoms with van der Waals surface area (Å²) < 4.78 is 18.3. The number of nitrogens with zero attached hydrogens (tertiary/aromatic N) is 1. The molecule has 6 heteroatoms. The number of hydrogen-bond acceptors (Lipinski definition) is 5. The smallest absolute Gasteiger partial charge is 0.341 e. The van der Waals surface area contributed by atoms with Gasteiger partial charge in [-0.2, -0.15) is 4.99 Å². The first-order valence-corrected chi connectivity index (χ1v) is 6.24. The average Bonchev–Trinajstić information content (AvgIpc) is 2.91. The van der Waals surface area contributed by atoms with E-state index in [2.05, 4.69) is 9.73 Å². The molecular weight excluding hydrogens is 265 g/mol. The van der Waals surface area contributed by atoms with Crippen molar-refractivity contribution in [2.45, 2.75) is 31.2 Å². The van der Waals surface area contributed by atoms with Gasteiger partial charge in [0.25, 0.3) is 0 Å². The lowest BCUT2D eigenvalue weighted by Crippen LogP contribution is -2.20. The molecule has 0 aliphatic heterocycles. The Morgan fingerprint density at radius 1 is 1.45 bits per heavy atom. The van der Waals surface area contributed by atoms with Gasteiger partial charge in [0.15, 0.2) is 11.6 Å². The molecule has 106 valence electrons. The maximum Gasteiger partial charge on any atom is 0.341 e. The zero-order valence-electron chi connectivity index (χ0n) is 11.0. The maximum absolute atomic E-state index is 13.8. The third-order valence-corrected chi connectivity index (χ3v) is 3.70. The van der Waals surface area contributed by atoms with Gasteiger partial charge in [-0.15, -0.1) is 0 Å². The predicted molar refractivity (Wildman–Crippen MR) is 67.7 cm³/mol. The Kier molecular flexibility index (Phi) is 3.86. The molecule has 0 atom stereocenters. The van der Waals surface area contributed by atoms with Gasteiger partial charge in [0, 0.05) is 0 Å². The van der Waals surface area contributed by atoms with Crippen LogP contribution in [-0.4, -0.2) is 24.3 Å². The van der Waals surface area contributed by atoms with E-state index < -0.39 is 23.1 Å². The number of aliphatic imine (C=N–C) groups is 1. The van der Waals surface area contributed by atoms with Gasteiger partial charge < -0.3 is 9.84 Å². The molecule has 0 spiro atoms. The van der Waals surface area contributed by atoms with Gasteiger partial charge in [0.1, 0.15) is 5.56 Å². The number of phenolic OH excluding ortho intramolecular Hbond substituents is 1. The van der Waals surface area contributed by atoms with Crippen LogP contribution in [0.5, 0.6) is 5.75 Å². The highest BCUT2D eigenvalue weighted by Gasteiger charge is 2.37. The summed E-state index contributed by atoms with van der Waals surface area (Å²) >= 11 is 0. The Labute approximate surface area is 115 Å². The molecule has 1 N–H and O–H groups in total. The number of phenols is 1. The molecule has 0 unspecified atom stereocenters. The van der Waals surface area contributed by atoms with E-state index in [9.17, 15) is 19.1 Å². The van der Waals surface area contributed by atoms with Gasteiger partial charge in [-0.05, 0) is 30.5 Å². The highest BCUT2D eigenvalue weighted by atomic mass is 19.1. The second-order valence-electron chi connectivity index (χ2n) is 4.79. The monoisotopic (exact) mass is 279 g/mol. The summed E-state index contributed by atoms with van der Waals surface area (Å²) in [7, 11) is 1.14. The molecule has 1 fully saturated rings. The van der Waals surface area contributed by atoms with Gasteiger partial charge in [-0.3, -0.25) is 0 Å². The van der Waals surface area contributed by atoms with Gasteiger partial charge in [-0.1, -0.05) is 12.8 Å². The summed E-state index contributed by atoms with van der Waals surface area (Å²) in [6.45, 7) is 0. The topological polar surface area (TPSA) is 76.0 Å². The minimum Gasteiger partial charge on any atom is -0.504 e. The molecule has 0 radical (unpaired) electrons. The highest BCUT2D eigenvalue weighted by molar-refractivity contribution is 5.92. The van der Waals surface area contributed by atoms with Gasteiger partial charge in [-0.25, -0.2) is 14.0 Å². The van der Waals surface area contributed by atoms with Crippen molar-refractivity contribution < 1.29 is 23.8 Å². The number of carbonyl (C=O) groups excluding carboxylic acids is 2. The van der Waals surface area contributed by atoms with Crippen LogP contribution in [0.25, 0.3) is 0 Å². The summed E-state index contributed by atoms with van der Waals surface area (Å²) in [5.74, 6) is -2.54. The zero-order chi connectivity index (χ0) is 14.8. The first kappa shape index (κ1) is 14.2. The number of hydrogen-bond donors (Lipinski definition) is 1. The summed E-state index contributed by atoms with van der Waals surface area (Å²) in [6.07, 6.45) is 4.37. The summed E-state index contributed by atoms with van der Waals surface area (Å²) in [4.78, 5) is 26.0. The van der Waals surface area contributed by atoms with Crippen LogP contribution in [0.3, 0.4) is 0 Å². The standard InChI is InChI=1S/C14H14FNO4/c1-20-13(19)10-6-9(7-11(15)12(10)18)14(16-8-17)4-2-3-5-14/h6-7,18H,2-5H2,1H3. The molecule has 2 rings (SSSR count). The van der Waals surface area contributed by atoms with Crippen molar-refractivity contribution in [1.82, 2.24) is 0 Å². The van der Waals surface area contributed by atoms with Gasteiger partial charge >= 0.3 is 5.97 Å². The maximum atomic E-state index is 13.8. The molecular formula is C14H14FNO4. The number of carbonyl (C=O) groups is 1. The minimum atomic E-state index is -0.935. The molecule has 1 aliphatic rings. The normalized spacial score (nSPS) is 16.5. The van der Waals surface area contributed by atoms with Crippen molar-refractivity contribution in [2.24, 2.45) is 4.99 Å². The fourth-order valence-corrected chi connectivity index (χ4v) is 2.65. The van der Waals surface area contributed by atoms with E-state index in [1.165, 1.54) is 12.1 Å². The van der Waals surface area contributed by atoms with Crippen molar-refractivity contribution in [3.8, 4) is 5.75 Å². The van der Waals surface area contributed by atoms with Crippen molar-refractivity contribution in [3.05, 3.63) is 29.1 Å². The molecule has 5 nitrogen and oxygen atoms in total. The van der Waals surface area contributed by atoms with Gasteiger partial charge in [0.05, 0.1) is 12.6 Å². The fourth-order valence-electron chi connectivity index (χ4n) is 2.65. The van der Waals surface area contributed by atoms with Crippen LogP contribution in [-0.2, 0) is 15.1 Å². The first-order chi connectivity index (χ1) is 9.54. The van der Waals surface area contributed by atoms with E-state index >= 15 is 0 Å². The number of benzene rings is 1. The van der Waals surface area contributed by atoms with E-state index in [-0.39, 0.29) is 5.56 Å². The Morgan fingerprint density at radius 3 is 2.65 bits per heavy atom. The van der Waals surface area contributed by atoms with Crippen molar-refractivity contribution in [2.75, 3.05) is 7.11 Å². The molecule has 1 saturated carbocycles. The van der Waals surface area contributed by atoms with Crippen LogP contribution in [0.1, 0.15) is 41.6 Å². The molecule has 20 heavy (non-hydrogen) atoms. The molecule has 0 bridgehead atoms. The number of esters is 1. The first-order valence-electron chi connectivity index (χ1n) is 6.24. The molecule has 0 aromatic heterocycles. The second kappa shape index (κ2) is 5.43. The Bertz CT molecular complexity index is 587. The predicted octanol–water partition coefficient (Wildman–Crippen LogP) is 2.42. The molecule has 1 aromatic carbocycles. The lowest BCUT2D eigenvalue weighted by Gasteiger charge is -2.23. The SMILES string of the molecule is COC(=O)c1cc(C2(N=C=O)CCCC2)cc(F)c1O. The molecule has 0 heterocycles. The third kappa shape index (κ3) is 2.30. The van der Waals surface area contributed by atoms with Crippen LogP contribution in [0, 0.1) is 5.82 Å². The van der Waals surface area contributed by atoms with Crippen LogP contribution in [0.4, 0.5) is 4.39 Å². The molecule has 1 aliphatic carbocycles. The van der Waals surface area contributed by atoms with Gasteiger partial charge in [0.2, 0.25) is 6.08 Å². The van der Waals surface area contributed by atoms with Crippen molar-refractivity contribution in [1.29, 1.82) is 0 Å². The van der Waals surface area contributed by atoms with E-state index in [1.54, 1.807) is 0 Å². The van der Waals surface area contributed by atoms with Crippen LogP contribution in [0.15, 0.2) is 17.1 Å². The largest absolute Gasteiger partial charge is 0.504 e. The number of isocyanates is 1. The van der Waals surface area contributed by atoms with E-state index in [0.29, 0.717) is 18.4 Å². The van der Waals surface area contributed by atoms with Crippen molar-refractivity contribution >= 4 is 12.0 Å². The molecule has 0 saturated heterocycles. The quantitative estimate of drug-likeness (QED) is 0.523. The Morgan fingerprint density at radius 2 is 2.10 bits per heavy atom. The second-order valence-corrected chi connectivity index (χ2v) is 4.79. The average molecular weight is 279 g/mol. The zero-order valence-corrected chi connectivity index (χ0v) is 11.0. The molecule has 1 aromatic rings. The van der Waals surface area contributed by atoms with Crippen LogP contribution in [0.2, 0.25) is 0 Å². The summed E-state index contributed by atoms with van der Waals surface area (Å²) in [5.41, 5.74) is -0.747. The van der Waals surface area contributed by atoms with E-state index in [0.717, 1.165) is 26.0 Å². The number of aromatic hydroxyl groups is 1. The fraction of sp³-hybridized carbons (Fsp3) is 0.429.